The zero-order valence-corrected chi connectivity index (χ0v) is 41.7. The highest BCUT2D eigenvalue weighted by atomic mass is 32.2. The molecule has 19 nitrogen and oxygen atoms in total. The van der Waals surface area contributed by atoms with Gasteiger partial charge in [0, 0.05) is 50.2 Å². The van der Waals surface area contributed by atoms with E-state index in [0.717, 1.165) is 11.7 Å². The number of hydrogen-bond donors (Lipinski definition) is 2. The molecule has 5 heterocycles. The van der Waals surface area contributed by atoms with Gasteiger partial charge in [-0.1, -0.05) is 39.8 Å². The summed E-state index contributed by atoms with van der Waals surface area (Å²) in [4.78, 5) is 65.1. The fraction of sp³-hybridized carbons (Fsp3) is 0.674. The van der Waals surface area contributed by atoms with Crippen LogP contribution in [-0.2, 0) is 59.2 Å². The quantitative estimate of drug-likeness (QED) is 0.181. The highest BCUT2D eigenvalue weighted by molar-refractivity contribution is 7.89. The lowest BCUT2D eigenvalue weighted by Crippen LogP contribution is -2.61. The van der Waals surface area contributed by atoms with Gasteiger partial charge in [0.2, 0.25) is 10.0 Å². The van der Waals surface area contributed by atoms with Crippen molar-refractivity contribution in [2.45, 2.75) is 146 Å². The number of methoxy groups -OCH3 is 1. The van der Waals surface area contributed by atoms with Gasteiger partial charge in [-0.2, -0.15) is 8.75 Å². The van der Waals surface area contributed by atoms with E-state index in [2.05, 4.69) is 18.5 Å². The van der Waals surface area contributed by atoms with Gasteiger partial charge in [0.05, 0.1) is 53.6 Å². The number of pyridine rings is 1. The zero-order chi connectivity index (χ0) is 49.2. The number of aliphatic hydroxyl groups excluding tert-OH is 1. The minimum absolute atomic E-state index is 0.0247. The molecule has 21 heteroatoms. The number of cyclic esters (lactones) is 1. The highest BCUT2D eigenvalue weighted by Gasteiger charge is 2.60. The van der Waals surface area contributed by atoms with Crippen LogP contribution in [0.3, 0.4) is 0 Å². The van der Waals surface area contributed by atoms with E-state index in [1.54, 1.807) is 85.0 Å². The Hall–Kier alpha value is -4.22. The molecule has 1 amide bonds. The summed E-state index contributed by atoms with van der Waals surface area (Å²) in [6, 6.07) is 8.35. The number of rotatable bonds is 13. The van der Waals surface area contributed by atoms with Gasteiger partial charge in [-0.3, -0.25) is 24.3 Å². The number of benzene rings is 1. The predicted octanol–water partition coefficient (Wildman–Crippen LogP) is 4.15. The first-order valence-electron chi connectivity index (χ1n) is 22.8. The summed E-state index contributed by atoms with van der Waals surface area (Å²) in [5, 5.41) is 11.7. The van der Waals surface area contributed by atoms with E-state index in [1.807, 2.05) is 25.9 Å². The maximum atomic E-state index is 15.0. The van der Waals surface area contributed by atoms with E-state index in [4.69, 9.17) is 28.4 Å². The SMILES string of the molecule is CC[C@H]1OC(=O)[C@H](C)[C@H](OC(=O)Cc2ccccn2)[C@@H](C)[C@@H](O[C@@H]2O[C@H](C)C[C@H](N(C)C)[C@H]2O)[C@](C)(OC)C[C@@H](C)C(=O)[C@H](C)[C@@H]2N(CCNS(=O)(=O)c3cccc4nsnc34)C(=O)O[C@@]21C. The number of aromatic nitrogens is 3. The van der Waals surface area contributed by atoms with E-state index in [-0.39, 0.29) is 60.7 Å². The second kappa shape index (κ2) is 21.2. The summed E-state index contributed by atoms with van der Waals surface area (Å²) >= 11 is 0.882. The molecule has 67 heavy (non-hydrogen) atoms. The normalized spacial score (nSPS) is 34.6. The Morgan fingerprint density at radius 1 is 1.04 bits per heavy atom. The van der Waals surface area contributed by atoms with Crippen LogP contribution in [0.4, 0.5) is 4.79 Å². The highest BCUT2D eigenvalue weighted by Crippen LogP contribution is 2.44. The van der Waals surface area contributed by atoms with Gasteiger partial charge < -0.3 is 38.4 Å². The molecule has 3 aromatic rings. The van der Waals surface area contributed by atoms with Crippen LogP contribution in [-0.4, -0.2) is 155 Å². The summed E-state index contributed by atoms with van der Waals surface area (Å²) in [6.45, 7) is 13.2. The predicted molar refractivity (Wildman–Crippen MR) is 245 cm³/mol. The van der Waals surface area contributed by atoms with E-state index in [0.29, 0.717) is 17.6 Å². The zero-order valence-electron chi connectivity index (χ0n) is 40.1. The van der Waals surface area contributed by atoms with Crippen molar-refractivity contribution in [2.24, 2.45) is 23.7 Å². The van der Waals surface area contributed by atoms with Crippen LogP contribution in [0.25, 0.3) is 11.0 Å². The molecule has 0 saturated carbocycles. The molecular weight excluding hydrogens is 909 g/mol. The van der Waals surface area contributed by atoms with Crippen molar-refractivity contribution in [3.63, 3.8) is 0 Å². The summed E-state index contributed by atoms with van der Waals surface area (Å²) in [6.07, 6.45) is -4.95. The maximum Gasteiger partial charge on any atom is 0.410 e. The third-order valence-electron chi connectivity index (χ3n) is 13.8. The number of ketones is 1. The van der Waals surface area contributed by atoms with Crippen molar-refractivity contribution in [1.82, 2.24) is 28.3 Å². The molecule has 14 atom stereocenters. The number of ether oxygens (including phenoxy) is 6. The number of sulfonamides is 1. The molecule has 6 rings (SSSR count). The Balaban J connectivity index is 1.39. The third-order valence-corrected chi connectivity index (χ3v) is 15.9. The first-order valence-corrected chi connectivity index (χ1v) is 25.0. The first-order chi connectivity index (χ1) is 31.6. The first kappa shape index (κ1) is 52.2. The van der Waals surface area contributed by atoms with Crippen LogP contribution in [0.2, 0.25) is 0 Å². The van der Waals surface area contributed by atoms with Crippen molar-refractivity contribution >= 4 is 56.6 Å². The molecule has 3 aliphatic heterocycles. The lowest BCUT2D eigenvalue weighted by atomic mass is 9.73. The minimum atomic E-state index is -4.15. The second-order valence-corrected chi connectivity index (χ2v) is 21.1. The number of nitrogens with zero attached hydrogens (tertiary/aromatic N) is 5. The minimum Gasteiger partial charge on any atom is -0.461 e. The molecule has 2 N–H and O–H groups in total. The van der Waals surface area contributed by atoms with Crippen LogP contribution in [0.15, 0.2) is 47.5 Å². The fourth-order valence-electron chi connectivity index (χ4n) is 10.3. The number of amides is 1. The maximum absolute atomic E-state index is 15.0. The Morgan fingerprint density at radius 2 is 1.78 bits per heavy atom. The van der Waals surface area contributed by atoms with Crippen molar-refractivity contribution < 1.29 is 61.1 Å². The third kappa shape index (κ3) is 11.0. The average Bonchev–Trinajstić information content (AvgIpc) is 3.87. The summed E-state index contributed by atoms with van der Waals surface area (Å²) in [5.74, 6) is -5.57. The van der Waals surface area contributed by atoms with Gasteiger partial charge in [0.25, 0.3) is 0 Å². The van der Waals surface area contributed by atoms with Gasteiger partial charge in [-0.05, 0) is 85.3 Å². The van der Waals surface area contributed by atoms with Gasteiger partial charge in [0.15, 0.2) is 11.9 Å². The van der Waals surface area contributed by atoms with Crippen LogP contribution in [0.5, 0.6) is 0 Å². The van der Waals surface area contributed by atoms with Gasteiger partial charge in [-0.25, -0.2) is 17.9 Å². The van der Waals surface area contributed by atoms with Crippen molar-refractivity contribution in [1.29, 1.82) is 0 Å². The Kier molecular flexibility index (Phi) is 16.5. The van der Waals surface area contributed by atoms with Crippen LogP contribution in [0, 0.1) is 23.7 Å². The number of aliphatic hydroxyl groups is 1. The molecule has 2 aromatic heterocycles. The number of carbonyl (C=O) groups is 4. The van der Waals surface area contributed by atoms with Crippen LogP contribution < -0.4 is 4.72 Å². The summed E-state index contributed by atoms with van der Waals surface area (Å²) in [5.41, 5.74) is -1.94. The molecular formula is C46H66N6O13S2. The summed E-state index contributed by atoms with van der Waals surface area (Å²) in [7, 11) is 1.02. The van der Waals surface area contributed by atoms with Crippen molar-refractivity contribution in [3.8, 4) is 0 Å². The van der Waals surface area contributed by atoms with E-state index >= 15 is 0 Å². The molecule has 3 saturated heterocycles. The standard InChI is InChI=1S/C46H66N6O13S2/c1-12-34-46(8)40(52(44(57)65-46)21-20-48-67(58,59)33-18-15-17-31-36(33)50-66-49-31)27(4)37(54)25(2)24-45(7,60-11)41(64-43-38(55)32(51(9)10)22-26(3)61-43)28(5)39(29(6)42(56)62-34)63-35(53)23-30-16-13-14-19-47-30/h13-19,25-29,32,34,38-41,43,48,55H,12,20-24H2,1-11H3/t25-,26-,27+,28-,29-,32+,34-,38-,39-,40+,41-,43+,45-,46-/m1/s1. The molecule has 0 radical (unpaired) electrons. The van der Waals surface area contributed by atoms with E-state index in [9.17, 15) is 32.7 Å². The number of hydrogen-bond acceptors (Lipinski definition) is 18. The smallest absolute Gasteiger partial charge is 0.410 e. The number of esters is 2. The molecule has 0 unspecified atom stereocenters. The Labute approximate surface area is 396 Å². The van der Waals surface area contributed by atoms with E-state index < -0.39 is 99.7 Å². The lowest BCUT2D eigenvalue weighted by Gasteiger charge is -2.48. The molecule has 0 aliphatic carbocycles. The summed E-state index contributed by atoms with van der Waals surface area (Å²) < 4.78 is 76.3. The molecule has 0 spiro atoms. The number of fused-ring (bicyclic) bond motifs is 2. The number of Topliss-reactive ketones (excluding diaryl/α,β-unsaturated/α-hetero) is 1. The van der Waals surface area contributed by atoms with Gasteiger partial charge in [0.1, 0.15) is 40.0 Å². The van der Waals surface area contributed by atoms with Crippen molar-refractivity contribution in [2.75, 3.05) is 34.3 Å². The Morgan fingerprint density at radius 3 is 2.43 bits per heavy atom. The van der Waals surface area contributed by atoms with Crippen molar-refractivity contribution in [3.05, 3.63) is 48.3 Å². The topological polar surface area (TPSA) is 235 Å². The largest absolute Gasteiger partial charge is 0.461 e. The molecule has 0 bridgehead atoms. The Bertz CT molecular complexity index is 2340. The number of nitrogens with one attached hydrogen (secondary N) is 1. The van der Waals surface area contributed by atoms with Gasteiger partial charge in [-0.15, -0.1) is 0 Å². The van der Waals surface area contributed by atoms with Gasteiger partial charge >= 0.3 is 18.0 Å². The lowest BCUT2D eigenvalue weighted by molar-refractivity contribution is -0.301. The fourth-order valence-corrected chi connectivity index (χ4v) is 12.1. The van der Waals surface area contributed by atoms with E-state index in [1.165, 1.54) is 18.1 Å². The molecule has 3 aliphatic rings. The van der Waals surface area contributed by atoms with Crippen LogP contribution >= 0.6 is 11.7 Å². The monoisotopic (exact) mass is 974 g/mol. The average molecular weight is 975 g/mol. The van der Waals surface area contributed by atoms with Crippen LogP contribution in [0.1, 0.15) is 80.3 Å². The molecule has 1 aromatic carbocycles. The number of carbonyl (C=O) groups excluding carboxylic acids is 4. The second-order valence-electron chi connectivity index (χ2n) is 18.9. The molecule has 3 fully saturated rings. The number of likely N-dealkylation sites (N-methyl/N-ethyl adjacent to an activating group) is 1. The molecule has 370 valence electrons.